The largest absolute Gasteiger partial charge is 0.454 e. The number of hydrogen-bond acceptors (Lipinski definition) is 5. The molecule has 110 valence electrons. The van der Waals surface area contributed by atoms with Gasteiger partial charge in [0.15, 0.2) is 16.6 Å². The summed E-state index contributed by atoms with van der Waals surface area (Å²) in [5.41, 5.74) is 0.956. The van der Waals surface area contributed by atoms with Crippen molar-refractivity contribution in [2.45, 2.75) is 0 Å². The van der Waals surface area contributed by atoms with Gasteiger partial charge >= 0.3 is 0 Å². The van der Waals surface area contributed by atoms with Crippen molar-refractivity contribution in [2.24, 2.45) is 0 Å². The smallest absolute Gasteiger partial charge is 0.257 e. The maximum atomic E-state index is 13.1. The standard InChI is InChI=1S/C15H9FN2O3S/c16-9-3-1-2-8(4-9)14(19)18-15-17-10-5-11-12(21-7-20-11)6-13(10)22-15/h1-6H,7H2,(H,17,18,19). The monoisotopic (exact) mass is 316 g/mol. The third-order valence-corrected chi connectivity index (χ3v) is 4.12. The van der Waals surface area contributed by atoms with Crippen molar-refractivity contribution < 1.29 is 18.7 Å². The van der Waals surface area contributed by atoms with Crippen LogP contribution in [-0.4, -0.2) is 17.7 Å². The molecule has 0 saturated heterocycles. The van der Waals surface area contributed by atoms with Crippen molar-refractivity contribution in [1.82, 2.24) is 4.98 Å². The molecule has 0 bridgehead atoms. The minimum atomic E-state index is -0.456. The first-order chi connectivity index (χ1) is 10.7. The van der Waals surface area contributed by atoms with Gasteiger partial charge in [-0.3, -0.25) is 10.1 Å². The number of nitrogens with one attached hydrogen (secondary N) is 1. The van der Waals surface area contributed by atoms with Gasteiger partial charge in [0, 0.05) is 17.7 Å². The molecule has 0 aliphatic carbocycles. The van der Waals surface area contributed by atoms with Crippen molar-refractivity contribution in [1.29, 1.82) is 0 Å². The van der Waals surface area contributed by atoms with Crippen molar-refractivity contribution in [3.63, 3.8) is 0 Å². The maximum absolute atomic E-state index is 13.1. The Labute approximate surface area is 128 Å². The van der Waals surface area contributed by atoms with E-state index in [0.717, 1.165) is 4.70 Å². The first kappa shape index (κ1) is 13.0. The Balaban J connectivity index is 1.63. The number of ether oxygens (including phenoxy) is 2. The zero-order chi connectivity index (χ0) is 15.1. The fourth-order valence-corrected chi connectivity index (χ4v) is 3.04. The highest BCUT2D eigenvalue weighted by atomic mass is 32.1. The summed E-state index contributed by atoms with van der Waals surface area (Å²) in [5.74, 6) is 0.446. The second kappa shape index (κ2) is 4.96. The second-order valence-corrected chi connectivity index (χ2v) is 5.69. The summed E-state index contributed by atoms with van der Waals surface area (Å²) in [6, 6.07) is 9.10. The lowest BCUT2D eigenvalue weighted by atomic mass is 10.2. The van der Waals surface area contributed by atoms with E-state index in [0.29, 0.717) is 22.1 Å². The number of carbonyl (C=O) groups is 1. The lowest BCUT2D eigenvalue weighted by molar-refractivity contribution is 0.102. The second-order valence-electron chi connectivity index (χ2n) is 4.66. The van der Waals surface area contributed by atoms with Crippen LogP contribution in [-0.2, 0) is 0 Å². The van der Waals surface area contributed by atoms with Gasteiger partial charge in [-0.15, -0.1) is 0 Å². The lowest BCUT2D eigenvalue weighted by Gasteiger charge is -2.01. The summed E-state index contributed by atoms with van der Waals surface area (Å²) >= 11 is 1.32. The highest BCUT2D eigenvalue weighted by Crippen LogP contribution is 2.38. The van der Waals surface area contributed by atoms with Gasteiger partial charge in [-0.05, 0) is 18.2 Å². The molecule has 1 N–H and O–H groups in total. The van der Waals surface area contributed by atoms with Gasteiger partial charge in [-0.1, -0.05) is 17.4 Å². The van der Waals surface area contributed by atoms with Crippen LogP contribution in [0.5, 0.6) is 11.5 Å². The Morgan fingerprint density at radius 1 is 1.23 bits per heavy atom. The number of carbonyl (C=O) groups excluding carboxylic acids is 1. The molecule has 22 heavy (non-hydrogen) atoms. The zero-order valence-electron chi connectivity index (χ0n) is 11.1. The molecule has 0 fully saturated rings. The van der Waals surface area contributed by atoms with Crippen LogP contribution in [0.3, 0.4) is 0 Å². The molecule has 1 aliphatic heterocycles. The summed E-state index contributed by atoms with van der Waals surface area (Å²) in [5, 5.41) is 3.11. The topological polar surface area (TPSA) is 60.5 Å². The molecular weight excluding hydrogens is 307 g/mol. The molecule has 0 spiro atoms. The number of fused-ring (bicyclic) bond motifs is 2. The van der Waals surface area contributed by atoms with Gasteiger partial charge < -0.3 is 9.47 Å². The normalized spacial score (nSPS) is 12.6. The third kappa shape index (κ3) is 2.25. The van der Waals surface area contributed by atoms with Crippen molar-refractivity contribution in [3.8, 4) is 11.5 Å². The van der Waals surface area contributed by atoms with E-state index >= 15 is 0 Å². The van der Waals surface area contributed by atoms with E-state index in [1.807, 2.05) is 6.07 Å². The van der Waals surface area contributed by atoms with Crippen LogP contribution in [0.2, 0.25) is 0 Å². The fourth-order valence-electron chi connectivity index (χ4n) is 2.17. The molecule has 2 aromatic carbocycles. The molecule has 4 rings (SSSR count). The fraction of sp³-hybridized carbons (Fsp3) is 0.0667. The van der Waals surface area contributed by atoms with Gasteiger partial charge in [-0.2, -0.15) is 0 Å². The first-order valence-corrected chi connectivity index (χ1v) is 7.28. The predicted octanol–water partition coefficient (Wildman–Crippen LogP) is 3.42. The quantitative estimate of drug-likeness (QED) is 0.787. The van der Waals surface area contributed by atoms with Gasteiger partial charge in [0.1, 0.15) is 5.82 Å². The molecule has 0 unspecified atom stereocenters. The molecule has 2 heterocycles. The Morgan fingerprint density at radius 3 is 2.86 bits per heavy atom. The van der Waals surface area contributed by atoms with Crippen LogP contribution in [0.4, 0.5) is 9.52 Å². The van der Waals surface area contributed by atoms with Crippen LogP contribution >= 0.6 is 11.3 Å². The molecular formula is C15H9FN2O3S. The Bertz CT molecular complexity index is 853. The Morgan fingerprint density at radius 2 is 2.05 bits per heavy atom. The molecule has 1 amide bonds. The van der Waals surface area contributed by atoms with E-state index in [4.69, 9.17) is 9.47 Å². The summed E-state index contributed by atoms with van der Waals surface area (Å²) in [7, 11) is 0. The molecule has 0 radical (unpaired) electrons. The van der Waals surface area contributed by atoms with E-state index in [-0.39, 0.29) is 12.4 Å². The van der Waals surface area contributed by atoms with Gasteiger partial charge in [0.2, 0.25) is 6.79 Å². The summed E-state index contributed by atoms with van der Waals surface area (Å²) in [6.45, 7) is 0.204. The molecule has 1 aliphatic rings. The van der Waals surface area contributed by atoms with Crippen LogP contribution in [0.1, 0.15) is 10.4 Å². The Hall–Kier alpha value is -2.67. The minimum absolute atomic E-state index is 0.204. The van der Waals surface area contributed by atoms with Crippen LogP contribution in [0.25, 0.3) is 10.2 Å². The molecule has 1 aromatic heterocycles. The number of hydrogen-bond donors (Lipinski definition) is 1. The third-order valence-electron chi connectivity index (χ3n) is 3.19. The van der Waals surface area contributed by atoms with E-state index in [1.165, 1.54) is 29.5 Å². The van der Waals surface area contributed by atoms with Crippen molar-refractivity contribution in [2.75, 3.05) is 12.1 Å². The lowest BCUT2D eigenvalue weighted by Crippen LogP contribution is -2.11. The summed E-state index contributed by atoms with van der Waals surface area (Å²) < 4.78 is 24.6. The van der Waals surface area contributed by atoms with Crippen molar-refractivity contribution in [3.05, 3.63) is 47.8 Å². The SMILES string of the molecule is O=C(Nc1nc2cc3c(cc2s1)OCO3)c1cccc(F)c1. The van der Waals surface area contributed by atoms with Gasteiger partial charge in [-0.25, -0.2) is 9.37 Å². The molecule has 3 aromatic rings. The van der Waals surface area contributed by atoms with Crippen molar-refractivity contribution >= 4 is 32.6 Å². The number of benzene rings is 2. The minimum Gasteiger partial charge on any atom is -0.454 e. The number of rotatable bonds is 2. The number of nitrogens with zero attached hydrogens (tertiary/aromatic N) is 1. The van der Waals surface area contributed by atoms with Crippen LogP contribution in [0, 0.1) is 5.82 Å². The van der Waals surface area contributed by atoms with Gasteiger partial charge in [0.25, 0.3) is 5.91 Å². The van der Waals surface area contributed by atoms with Gasteiger partial charge in [0.05, 0.1) is 10.2 Å². The maximum Gasteiger partial charge on any atom is 0.257 e. The number of aromatic nitrogens is 1. The molecule has 5 nitrogen and oxygen atoms in total. The van der Waals surface area contributed by atoms with E-state index < -0.39 is 11.7 Å². The zero-order valence-corrected chi connectivity index (χ0v) is 11.9. The van der Waals surface area contributed by atoms with E-state index in [2.05, 4.69) is 10.3 Å². The van der Waals surface area contributed by atoms with E-state index in [9.17, 15) is 9.18 Å². The molecule has 7 heteroatoms. The molecule has 0 atom stereocenters. The average molecular weight is 316 g/mol. The first-order valence-electron chi connectivity index (χ1n) is 6.46. The molecule has 0 saturated carbocycles. The Kier molecular flexibility index (Phi) is 2.93. The van der Waals surface area contributed by atoms with Crippen LogP contribution < -0.4 is 14.8 Å². The highest BCUT2D eigenvalue weighted by molar-refractivity contribution is 7.22. The number of halogens is 1. The number of anilines is 1. The summed E-state index contributed by atoms with van der Waals surface area (Å²) in [4.78, 5) is 16.4. The number of amides is 1. The summed E-state index contributed by atoms with van der Waals surface area (Å²) in [6.07, 6.45) is 0. The number of thiazole rings is 1. The van der Waals surface area contributed by atoms with Crippen LogP contribution in [0.15, 0.2) is 36.4 Å². The predicted molar refractivity (Wildman–Crippen MR) is 80.1 cm³/mol. The highest BCUT2D eigenvalue weighted by Gasteiger charge is 2.17. The van der Waals surface area contributed by atoms with E-state index in [1.54, 1.807) is 12.1 Å². The average Bonchev–Trinajstić information content (AvgIpc) is 3.09.